The molecular formula is C13H22N2O3S2. The van der Waals surface area contributed by atoms with Crippen LogP contribution in [0.25, 0.3) is 0 Å². The summed E-state index contributed by atoms with van der Waals surface area (Å²) in [5.41, 5.74) is 0.803. The van der Waals surface area contributed by atoms with E-state index in [9.17, 15) is 8.42 Å². The monoisotopic (exact) mass is 318 g/mol. The van der Waals surface area contributed by atoms with Gasteiger partial charge in [0.25, 0.3) is 0 Å². The minimum absolute atomic E-state index is 0.00483. The van der Waals surface area contributed by atoms with E-state index in [1.807, 2.05) is 19.4 Å². The Labute approximate surface area is 124 Å². The number of nitrogens with one attached hydrogen (secondary N) is 2. The molecule has 0 spiro atoms. The maximum absolute atomic E-state index is 12.5. The van der Waals surface area contributed by atoms with Crippen LogP contribution < -0.4 is 10.0 Å². The smallest absolute Gasteiger partial charge is 0.242 e. The van der Waals surface area contributed by atoms with Crippen LogP contribution in [-0.2, 0) is 21.3 Å². The molecule has 1 atom stereocenters. The third-order valence-corrected chi connectivity index (χ3v) is 6.26. The normalized spacial score (nSPS) is 20.2. The lowest BCUT2D eigenvalue weighted by Gasteiger charge is -2.22. The lowest BCUT2D eigenvalue weighted by Crippen LogP contribution is -2.35. The van der Waals surface area contributed by atoms with Gasteiger partial charge < -0.3 is 10.1 Å². The molecule has 0 aliphatic carbocycles. The van der Waals surface area contributed by atoms with Gasteiger partial charge in [-0.25, -0.2) is 13.1 Å². The Morgan fingerprint density at radius 3 is 2.90 bits per heavy atom. The molecule has 114 valence electrons. The predicted molar refractivity (Wildman–Crippen MR) is 80.6 cm³/mol. The highest BCUT2D eigenvalue weighted by Gasteiger charge is 2.24. The molecule has 0 aromatic carbocycles. The molecule has 1 aromatic heterocycles. The molecule has 5 nitrogen and oxygen atoms in total. The average Bonchev–Trinajstić information content (AvgIpc) is 2.80. The van der Waals surface area contributed by atoms with Crippen molar-refractivity contribution in [1.82, 2.24) is 10.0 Å². The van der Waals surface area contributed by atoms with Gasteiger partial charge in [0.15, 0.2) is 0 Å². The van der Waals surface area contributed by atoms with Crippen molar-refractivity contribution in [2.75, 3.05) is 20.2 Å². The highest BCUT2D eigenvalue weighted by atomic mass is 32.2. The summed E-state index contributed by atoms with van der Waals surface area (Å²) >= 11 is 1.48. The van der Waals surface area contributed by atoms with Crippen molar-refractivity contribution in [3.63, 3.8) is 0 Å². The van der Waals surface area contributed by atoms with Crippen LogP contribution in [0.5, 0.6) is 0 Å². The van der Waals surface area contributed by atoms with Crippen LogP contribution in [-0.4, -0.2) is 34.7 Å². The molecule has 0 radical (unpaired) electrons. The molecule has 0 saturated carbocycles. The zero-order valence-corrected chi connectivity index (χ0v) is 13.6. The van der Waals surface area contributed by atoms with Crippen molar-refractivity contribution >= 4 is 21.4 Å². The first-order chi connectivity index (χ1) is 9.54. The van der Waals surface area contributed by atoms with E-state index in [0.29, 0.717) is 18.0 Å². The maximum atomic E-state index is 12.5. The summed E-state index contributed by atoms with van der Waals surface area (Å²) in [6, 6.07) is 0. The number of thiophene rings is 1. The Morgan fingerprint density at radius 2 is 2.25 bits per heavy atom. The second-order valence-corrected chi connectivity index (χ2v) is 7.71. The van der Waals surface area contributed by atoms with Crippen LogP contribution in [0.3, 0.4) is 0 Å². The van der Waals surface area contributed by atoms with E-state index in [1.54, 1.807) is 0 Å². The number of ether oxygens (including phenoxy) is 1. The van der Waals surface area contributed by atoms with Gasteiger partial charge >= 0.3 is 0 Å². The Kier molecular flexibility index (Phi) is 5.57. The molecule has 2 N–H and O–H groups in total. The first-order valence-electron chi connectivity index (χ1n) is 6.87. The summed E-state index contributed by atoms with van der Waals surface area (Å²) in [4.78, 5) is 1.27. The van der Waals surface area contributed by atoms with Crippen molar-refractivity contribution in [2.45, 2.75) is 43.7 Å². The van der Waals surface area contributed by atoms with Crippen LogP contribution in [0.1, 0.15) is 29.7 Å². The summed E-state index contributed by atoms with van der Waals surface area (Å²) < 4.78 is 33.2. The van der Waals surface area contributed by atoms with Crippen molar-refractivity contribution in [2.24, 2.45) is 0 Å². The average molecular weight is 318 g/mol. The van der Waals surface area contributed by atoms with Gasteiger partial charge in [-0.2, -0.15) is 0 Å². The van der Waals surface area contributed by atoms with Crippen molar-refractivity contribution in [3.05, 3.63) is 15.8 Å². The van der Waals surface area contributed by atoms with E-state index >= 15 is 0 Å². The third kappa shape index (κ3) is 3.79. The second kappa shape index (κ2) is 7.00. The summed E-state index contributed by atoms with van der Waals surface area (Å²) in [7, 11) is -1.65. The Hall–Kier alpha value is -0.470. The van der Waals surface area contributed by atoms with Crippen LogP contribution in [0.2, 0.25) is 0 Å². The van der Waals surface area contributed by atoms with Gasteiger partial charge in [0.1, 0.15) is 4.90 Å². The summed E-state index contributed by atoms with van der Waals surface area (Å²) in [6.07, 6.45) is 3.10. The van der Waals surface area contributed by atoms with Crippen LogP contribution in [0.4, 0.5) is 0 Å². The van der Waals surface area contributed by atoms with E-state index in [4.69, 9.17) is 4.74 Å². The molecule has 1 unspecified atom stereocenters. The number of rotatable bonds is 6. The van der Waals surface area contributed by atoms with E-state index in [1.165, 1.54) is 11.3 Å². The topological polar surface area (TPSA) is 67.4 Å². The fourth-order valence-electron chi connectivity index (χ4n) is 2.37. The van der Waals surface area contributed by atoms with Crippen molar-refractivity contribution in [3.8, 4) is 0 Å². The molecule has 1 aliphatic rings. The van der Waals surface area contributed by atoms with E-state index < -0.39 is 10.0 Å². The fraction of sp³-hybridized carbons (Fsp3) is 0.692. The fourth-order valence-corrected chi connectivity index (χ4v) is 5.26. The number of sulfonamides is 1. The van der Waals surface area contributed by atoms with Crippen LogP contribution >= 0.6 is 11.3 Å². The number of hydrogen-bond donors (Lipinski definition) is 2. The molecule has 20 heavy (non-hydrogen) atoms. The molecule has 1 saturated heterocycles. The molecule has 0 amide bonds. The predicted octanol–water partition coefficient (Wildman–Crippen LogP) is 1.62. The number of hydrogen-bond acceptors (Lipinski definition) is 5. The van der Waals surface area contributed by atoms with Crippen molar-refractivity contribution < 1.29 is 13.2 Å². The minimum Gasteiger partial charge on any atom is -0.377 e. The van der Waals surface area contributed by atoms with Gasteiger partial charge in [-0.05, 0) is 44.2 Å². The lowest BCUT2D eigenvalue weighted by atomic mass is 10.1. The van der Waals surface area contributed by atoms with Gasteiger partial charge in [-0.1, -0.05) is 0 Å². The summed E-state index contributed by atoms with van der Waals surface area (Å²) in [6.45, 7) is 3.49. The highest BCUT2D eigenvalue weighted by molar-refractivity contribution is 7.89. The summed E-state index contributed by atoms with van der Waals surface area (Å²) in [5, 5.41) is 4.90. The second-order valence-electron chi connectivity index (χ2n) is 5.04. The molecule has 2 heterocycles. The quantitative estimate of drug-likeness (QED) is 0.836. The molecule has 1 aromatic rings. The first-order valence-corrected chi connectivity index (χ1v) is 9.23. The Balaban J connectivity index is 2.07. The minimum atomic E-state index is -3.46. The molecular weight excluding hydrogens is 296 g/mol. The maximum Gasteiger partial charge on any atom is 0.242 e. The van der Waals surface area contributed by atoms with Gasteiger partial charge in [-0.3, -0.25) is 0 Å². The molecule has 0 bridgehead atoms. The largest absolute Gasteiger partial charge is 0.377 e. The SMILES string of the molecule is CNCc1scc(C)c1S(=O)(=O)NCC1CCCCO1. The lowest BCUT2D eigenvalue weighted by molar-refractivity contribution is 0.0200. The zero-order valence-electron chi connectivity index (χ0n) is 11.9. The van der Waals surface area contributed by atoms with Gasteiger partial charge in [0, 0.05) is 24.6 Å². The van der Waals surface area contributed by atoms with Gasteiger partial charge in [0.05, 0.1) is 6.10 Å². The molecule has 1 fully saturated rings. The highest BCUT2D eigenvalue weighted by Crippen LogP contribution is 2.26. The van der Waals surface area contributed by atoms with E-state index in [0.717, 1.165) is 36.3 Å². The van der Waals surface area contributed by atoms with Gasteiger partial charge in [0.2, 0.25) is 10.0 Å². The first kappa shape index (κ1) is 15.9. The van der Waals surface area contributed by atoms with E-state index in [-0.39, 0.29) is 6.10 Å². The summed E-state index contributed by atoms with van der Waals surface area (Å²) in [5.74, 6) is 0. The number of aryl methyl sites for hydroxylation is 1. The third-order valence-electron chi connectivity index (χ3n) is 3.37. The van der Waals surface area contributed by atoms with Gasteiger partial charge in [-0.15, -0.1) is 11.3 Å². The molecule has 7 heteroatoms. The zero-order chi connectivity index (χ0) is 14.6. The van der Waals surface area contributed by atoms with Crippen LogP contribution in [0.15, 0.2) is 10.3 Å². The Morgan fingerprint density at radius 1 is 1.45 bits per heavy atom. The van der Waals surface area contributed by atoms with E-state index in [2.05, 4.69) is 10.0 Å². The van der Waals surface area contributed by atoms with Crippen molar-refractivity contribution in [1.29, 1.82) is 0 Å². The Bertz CT molecular complexity index is 534. The molecule has 1 aliphatic heterocycles. The standard InChI is InChI=1S/C13H22N2O3S2/c1-10-9-19-12(8-14-2)13(10)20(16,17)15-7-11-5-3-4-6-18-11/h9,11,14-15H,3-8H2,1-2H3. The molecule has 2 rings (SSSR count). The van der Waals surface area contributed by atoms with Crippen LogP contribution in [0, 0.1) is 6.92 Å².